The number of aromatic amines is 1. The third-order valence-electron chi connectivity index (χ3n) is 2.48. The molecule has 20 heavy (non-hydrogen) atoms. The molecule has 0 amide bonds. The minimum absolute atomic E-state index is 0.0115. The quantitative estimate of drug-likeness (QED) is 0.768. The molecule has 0 fully saturated rings. The maximum Gasteiger partial charge on any atom is 0.340 e. The molecule has 0 saturated heterocycles. The minimum atomic E-state index is -3.98. The molecular formula is C11H10ClN3O4S. The first-order valence-electron chi connectivity index (χ1n) is 5.41. The third kappa shape index (κ3) is 3.16. The Bertz CT molecular complexity index is 724. The van der Waals surface area contributed by atoms with Crippen LogP contribution in [0.4, 0.5) is 0 Å². The molecule has 1 heterocycles. The summed E-state index contributed by atoms with van der Waals surface area (Å²) in [6.45, 7) is 0.0115. The summed E-state index contributed by atoms with van der Waals surface area (Å²) >= 11 is 5.72. The molecule has 106 valence electrons. The molecule has 1 aromatic heterocycles. The van der Waals surface area contributed by atoms with E-state index < -0.39 is 26.6 Å². The number of aromatic nitrogens is 2. The lowest BCUT2D eigenvalue weighted by atomic mass is 10.2. The Balaban J connectivity index is 2.17. The van der Waals surface area contributed by atoms with E-state index in [0.717, 1.165) is 6.20 Å². The van der Waals surface area contributed by atoms with E-state index in [9.17, 15) is 13.2 Å². The van der Waals surface area contributed by atoms with Crippen LogP contribution < -0.4 is 4.72 Å². The number of H-pyrrole nitrogens is 1. The molecule has 0 unspecified atom stereocenters. The van der Waals surface area contributed by atoms with E-state index in [4.69, 9.17) is 16.7 Å². The van der Waals surface area contributed by atoms with Gasteiger partial charge < -0.3 is 5.11 Å². The zero-order valence-electron chi connectivity index (χ0n) is 10.00. The Kier molecular flexibility index (Phi) is 4.07. The number of hydrogen-bond donors (Lipinski definition) is 3. The van der Waals surface area contributed by atoms with Crippen LogP contribution in [0.1, 0.15) is 15.9 Å². The van der Waals surface area contributed by atoms with E-state index in [0.29, 0.717) is 10.6 Å². The number of hydrogen-bond acceptors (Lipinski definition) is 4. The molecule has 2 aromatic rings. The SMILES string of the molecule is O=C(O)c1cn[nH]c1S(=O)(=O)NCc1ccc(Cl)cc1. The van der Waals surface area contributed by atoms with E-state index in [1.807, 2.05) is 0 Å². The van der Waals surface area contributed by atoms with Crippen LogP contribution in [0, 0.1) is 0 Å². The maximum atomic E-state index is 12.0. The van der Waals surface area contributed by atoms with Gasteiger partial charge in [-0.3, -0.25) is 5.10 Å². The fourth-order valence-corrected chi connectivity index (χ4v) is 2.71. The highest BCUT2D eigenvalue weighted by molar-refractivity contribution is 7.89. The third-order valence-corrected chi connectivity index (χ3v) is 4.11. The van der Waals surface area contributed by atoms with Crippen molar-refractivity contribution in [2.24, 2.45) is 0 Å². The lowest BCUT2D eigenvalue weighted by Gasteiger charge is -2.06. The Hall–Kier alpha value is -1.90. The number of rotatable bonds is 5. The monoisotopic (exact) mass is 315 g/mol. The first kappa shape index (κ1) is 14.5. The van der Waals surface area contributed by atoms with Crippen LogP contribution in [0.5, 0.6) is 0 Å². The van der Waals surface area contributed by atoms with Gasteiger partial charge in [-0.05, 0) is 17.7 Å². The summed E-state index contributed by atoms with van der Waals surface area (Å²) in [6.07, 6.45) is 0.944. The molecule has 0 atom stereocenters. The van der Waals surface area contributed by atoms with Crippen molar-refractivity contribution in [3.63, 3.8) is 0 Å². The Morgan fingerprint density at radius 3 is 2.60 bits per heavy atom. The fourth-order valence-electron chi connectivity index (χ4n) is 1.48. The second-order valence-electron chi connectivity index (χ2n) is 3.87. The Morgan fingerprint density at radius 1 is 1.35 bits per heavy atom. The number of nitrogens with one attached hydrogen (secondary N) is 2. The second kappa shape index (κ2) is 5.61. The first-order chi connectivity index (χ1) is 9.40. The molecule has 0 spiro atoms. The van der Waals surface area contributed by atoms with Crippen molar-refractivity contribution in [1.29, 1.82) is 0 Å². The molecule has 3 N–H and O–H groups in total. The number of carboxylic acid groups (broad SMARTS) is 1. The van der Waals surface area contributed by atoms with Crippen molar-refractivity contribution in [1.82, 2.24) is 14.9 Å². The summed E-state index contributed by atoms with van der Waals surface area (Å²) < 4.78 is 26.3. The average Bonchev–Trinajstić information content (AvgIpc) is 2.88. The van der Waals surface area contributed by atoms with Gasteiger partial charge in [0.2, 0.25) is 0 Å². The summed E-state index contributed by atoms with van der Waals surface area (Å²) in [4.78, 5) is 10.9. The summed E-state index contributed by atoms with van der Waals surface area (Å²) in [6, 6.07) is 6.58. The van der Waals surface area contributed by atoms with Crippen LogP contribution in [0.25, 0.3) is 0 Å². The average molecular weight is 316 g/mol. The normalized spacial score (nSPS) is 11.4. The number of sulfonamides is 1. The molecule has 0 bridgehead atoms. The second-order valence-corrected chi connectivity index (χ2v) is 6.01. The first-order valence-corrected chi connectivity index (χ1v) is 7.27. The van der Waals surface area contributed by atoms with Crippen molar-refractivity contribution < 1.29 is 18.3 Å². The maximum absolute atomic E-state index is 12.0. The van der Waals surface area contributed by atoms with E-state index >= 15 is 0 Å². The highest BCUT2D eigenvalue weighted by Gasteiger charge is 2.24. The van der Waals surface area contributed by atoms with Crippen LogP contribution in [0.15, 0.2) is 35.5 Å². The Labute approximate surface area is 119 Å². The standard InChI is InChI=1S/C11H10ClN3O4S/c12-8-3-1-7(2-4-8)5-14-20(18,19)10-9(11(16)17)6-13-15-10/h1-4,6,14H,5H2,(H,13,15)(H,16,17). The zero-order valence-corrected chi connectivity index (χ0v) is 11.6. The summed E-state index contributed by atoms with van der Waals surface area (Å²) in [5.74, 6) is -1.37. The van der Waals surface area contributed by atoms with E-state index in [1.165, 1.54) is 0 Å². The van der Waals surface area contributed by atoms with Crippen molar-refractivity contribution in [2.45, 2.75) is 11.6 Å². The molecule has 0 radical (unpaired) electrons. The molecule has 1 aromatic carbocycles. The molecule has 9 heteroatoms. The highest BCUT2D eigenvalue weighted by atomic mass is 35.5. The molecule has 7 nitrogen and oxygen atoms in total. The van der Waals surface area contributed by atoms with Gasteiger partial charge in [0.05, 0.1) is 6.20 Å². The van der Waals surface area contributed by atoms with Crippen molar-refractivity contribution in [3.05, 3.63) is 46.6 Å². The highest BCUT2D eigenvalue weighted by Crippen LogP contribution is 2.13. The van der Waals surface area contributed by atoms with Gasteiger partial charge in [-0.15, -0.1) is 0 Å². The molecular weight excluding hydrogens is 306 g/mol. The summed E-state index contributed by atoms with van der Waals surface area (Å²) in [5.41, 5.74) is 0.281. The molecule has 0 aliphatic heterocycles. The summed E-state index contributed by atoms with van der Waals surface area (Å²) in [7, 11) is -3.98. The minimum Gasteiger partial charge on any atom is -0.478 e. The number of benzene rings is 1. The van der Waals surface area contributed by atoms with Gasteiger partial charge in [0.1, 0.15) is 5.56 Å². The largest absolute Gasteiger partial charge is 0.478 e. The predicted molar refractivity (Wildman–Crippen MR) is 71.0 cm³/mol. The van der Waals surface area contributed by atoms with E-state index in [2.05, 4.69) is 14.9 Å². The molecule has 0 saturated carbocycles. The Morgan fingerprint density at radius 2 is 2.00 bits per heavy atom. The van der Waals surface area contributed by atoms with Crippen LogP contribution >= 0.6 is 11.6 Å². The van der Waals surface area contributed by atoms with Gasteiger partial charge in [-0.1, -0.05) is 23.7 Å². The van der Waals surface area contributed by atoms with Gasteiger partial charge in [0, 0.05) is 11.6 Å². The number of aromatic carboxylic acids is 1. The number of halogens is 1. The number of carbonyl (C=O) groups is 1. The lowest BCUT2D eigenvalue weighted by Crippen LogP contribution is -2.25. The smallest absolute Gasteiger partial charge is 0.340 e. The predicted octanol–water partition coefficient (Wildman–Crippen LogP) is 1.24. The van der Waals surface area contributed by atoms with Gasteiger partial charge in [0.25, 0.3) is 10.0 Å². The van der Waals surface area contributed by atoms with E-state index in [-0.39, 0.29) is 6.54 Å². The molecule has 0 aliphatic rings. The van der Waals surface area contributed by atoms with Crippen LogP contribution in [0.2, 0.25) is 5.02 Å². The van der Waals surface area contributed by atoms with Gasteiger partial charge in [-0.25, -0.2) is 17.9 Å². The van der Waals surface area contributed by atoms with Gasteiger partial charge in [-0.2, -0.15) is 5.10 Å². The number of carboxylic acids is 1. The molecule has 0 aliphatic carbocycles. The molecule has 2 rings (SSSR count). The van der Waals surface area contributed by atoms with Crippen molar-refractivity contribution >= 4 is 27.6 Å². The lowest BCUT2D eigenvalue weighted by molar-refractivity contribution is 0.0692. The van der Waals surface area contributed by atoms with Crippen molar-refractivity contribution in [3.8, 4) is 0 Å². The zero-order chi connectivity index (χ0) is 14.8. The van der Waals surface area contributed by atoms with E-state index in [1.54, 1.807) is 24.3 Å². The van der Waals surface area contributed by atoms with Crippen LogP contribution in [-0.2, 0) is 16.6 Å². The van der Waals surface area contributed by atoms with Crippen LogP contribution in [-0.4, -0.2) is 29.7 Å². The summed E-state index contributed by atoms with van der Waals surface area (Å²) in [5, 5.41) is 14.5. The topological polar surface area (TPSA) is 112 Å². The van der Waals surface area contributed by atoms with Crippen molar-refractivity contribution in [2.75, 3.05) is 0 Å². The van der Waals surface area contributed by atoms with Gasteiger partial charge in [0.15, 0.2) is 5.03 Å². The number of nitrogens with zero attached hydrogens (tertiary/aromatic N) is 1. The van der Waals surface area contributed by atoms with Gasteiger partial charge >= 0.3 is 5.97 Å². The van der Waals surface area contributed by atoms with Crippen LogP contribution in [0.3, 0.4) is 0 Å². The fraction of sp³-hybridized carbons (Fsp3) is 0.0909.